The summed E-state index contributed by atoms with van der Waals surface area (Å²) in [6, 6.07) is 7.23. The number of morpholine rings is 1. The Balaban J connectivity index is 1.71. The van der Waals surface area contributed by atoms with Gasteiger partial charge in [0.1, 0.15) is 18.0 Å². The number of fused-ring (bicyclic) bond motifs is 3. The number of carbonyl (C=O) groups excluding carboxylic acids is 2. The quantitative estimate of drug-likeness (QED) is 0.849. The van der Waals surface area contributed by atoms with E-state index in [1.54, 1.807) is 0 Å². The zero-order valence-electron chi connectivity index (χ0n) is 11.6. The third-order valence-corrected chi connectivity index (χ3v) is 4.24. The van der Waals surface area contributed by atoms with Gasteiger partial charge in [0.15, 0.2) is 0 Å². The van der Waals surface area contributed by atoms with Crippen molar-refractivity contribution in [1.29, 1.82) is 0 Å². The molecule has 1 aromatic carbocycles. The van der Waals surface area contributed by atoms with Crippen molar-refractivity contribution in [3.05, 3.63) is 30.1 Å². The van der Waals surface area contributed by atoms with Crippen LogP contribution in [0.15, 0.2) is 24.3 Å². The number of amides is 2. The number of hydrogen-bond donors (Lipinski definition) is 1. The highest BCUT2D eigenvalue weighted by molar-refractivity contribution is 6.02. The second kappa shape index (κ2) is 4.39. The van der Waals surface area contributed by atoms with Crippen molar-refractivity contribution in [2.24, 2.45) is 0 Å². The van der Waals surface area contributed by atoms with Crippen LogP contribution in [0.2, 0.25) is 0 Å². The Morgan fingerprint density at radius 3 is 2.57 bits per heavy atom. The number of ether oxygens (including phenoxy) is 1. The van der Waals surface area contributed by atoms with E-state index < -0.39 is 18.2 Å². The van der Waals surface area contributed by atoms with Crippen molar-refractivity contribution in [2.45, 2.75) is 38.0 Å². The van der Waals surface area contributed by atoms with Crippen molar-refractivity contribution in [1.82, 2.24) is 14.9 Å². The van der Waals surface area contributed by atoms with Crippen LogP contribution in [-0.2, 0) is 14.3 Å². The SMILES string of the molecule is CC(c1nc2ccccc2[nH]1)N1C(=O)C2CCC(O2)C1=O. The predicted molar refractivity (Wildman–Crippen MR) is 74.3 cm³/mol. The number of imidazole rings is 1. The van der Waals surface area contributed by atoms with E-state index in [2.05, 4.69) is 9.97 Å². The smallest absolute Gasteiger partial charge is 0.259 e. The maximum Gasteiger partial charge on any atom is 0.259 e. The van der Waals surface area contributed by atoms with Gasteiger partial charge in [-0.25, -0.2) is 4.98 Å². The van der Waals surface area contributed by atoms with E-state index in [1.807, 2.05) is 31.2 Å². The zero-order chi connectivity index (χ0) is 14.6. The van der Waals surface area contributed by atoms with Gasteiger partial charge in [-0.15, -0.1) is 0 Å². The molecule has 2 amide bonds. The van der Waals surface area contributed by atoms with E-state index in [-0.39, 0.29) is 11.8 Å². The first-order chi connectivity index (χ1) is 10.1. The summed E-state index contributed by atoms with van der Waals surface area (Å²) in [6.07, 6.45) is 0.302. The fraction of sp³-hybridized carbons (Fsp3) is 0.400. The first-order valence-electron chi connectivity index (χ1n) is 7.12. The number of carbonyl (C=O) groups is 2. The Labute approximate surface area is 121 Å². The summed E-state index contributed by atoms with van der Waals surface area (Å²) in [5.74, 6) is 0.127. The van der Waals surface area contributed by atoms with Crippen LogP contribution in [0.5, 0.6) is 0 Å². The molecular formula is C15H15N3O3. The minimum Gasteiger partial charge on any atom is -0.355 e. The van der Waals surface area contributed by atoms with Gasteiger partial charge in [-0.2, -0.15) is 0 Å². The zero-order valence-corrected chi connectivity index (χ0v) is 11.6. The Hall–Kier alpha value is -2.21. The number of likely N-dealkylation sites (tertiary alicyclic amines) is 1. The summed E-state index contributed by atoms with van der Waals surface area (Å²) in [7, 11) is 0. The van der Waals surface area contributed by atoms with Gasteiger partial charge in [-0.1, -0.05) is 12.1 Å². The lowest BCUT2D eigenvalue weighted by molar-refractivity contribution is -0.171. The molecule has 6 heteroatoms. The first kappa shape index (κ1) is 12.5. The van der Waals surface area contributed by atoms with Crippen molar-refractivity contribution in [3.8, 4) is 0 Å². The maximum atomic E-state index is 12.4. The molecule has 108 valence electrons. The molecule has 2 aliphatic rings. The van der Waals surface area contributed by atoms with E-state index in [1.165, 1.54) is 4.90 Å². The van der Waals surface area contributed by atoms with Crippen LogP contribution < -0.4 is 0 Å². The van der Waals surface area contributed by atoms with Crippen LogP contribution in [0.25, 0.3) is 11.0 Å². The molecule has 3 atom stereocenters. The summed E-state index contributed by atoms with van der Waals surface area (Å²) in [6.45, 7) is 1.82. The van der Waals surface area contributed by atoms with Gasteiger partial charge in [-0.3, -0.25) is 14.5 Å². The Morgan fingerprint density at radius 2 is 1.90 bits per heavy atom. The monoisotopic (exact) mass is 285 g/mol. The molecule has 2 bridgehead atoms. The Kier molecular flexibility index (Phi) is 2.62. The number of aromatic nitrogens is 2. The van der Waals surface area contributed by atoms with Gasteiger partial charge in [0.2, 0.25) is 0 Å². The fourth-order valence-corrected chi connectivity index (χ4v) is 3.09. The summed E-state index contributed by atoms with van der Waals surface area (Å²) < 4.78 is 5.43. The number of aromatic amines is 1. The standard InChI is InChI=1S/C15H15N3O3/c1-8(13-16-9-4-2-3-5-10(9)17-13)18-14(19)11-6-7-12(21-11)15(18)20/h2-5,8,11-12H,6-7H2,1H3,(H,16,17). The van der Waals surface area contributed by atoms with Crippen molar-refractivity contribution in [3.63, 3.8) is 0 Å². The molecule has 0 spiro atoms. The van der Waals surface area contributed by atoms with Crippen LogP contribution in [-0.4, -0.2) is 38.9 Å². The highest BCUT2D eigenvalue weighted by Crippen LogP contribution is 2.33. The summed E-state index contributed by atoms with van der Waals surface area (Å²) in [5.41, 5.74) is 1.73. The number of benzene rings is 1. The molecule has 2 aliphatic heterocycles. The second-order valence-electron chi connectivity index (χ2n) is 5.55. The van der Waals surface area contributed by atoms with Crippen LogP contribution in [0, 0.1) is 0 Å². The normalized spacial score (nSPS) is 26.6. The van der Waals surface area contributed by atoms with Crippen LogP contribution >= 0.6 is 0 Å². The first-order valence-corrected chi connectivity index (χ1v) is 7.12. The molecule has 2 aromatic rings. The number of rotatable bonds is 2. The number of hydrogen-bond acceptors (Lipinski definition) is 4. The molecule has 2 saturated heterocycles. The summed E-state index contributed by atoms with van der Waals surface area (Å²) in [5, 5.41) is 0. The van der Waals surface area contributed by atoms with E-state index >= 15 is 0 Å². The molecule has 21 heavy (non-hydrogen) atoms. The molecular weight excluding hydrogens is 270 g/mol. The Bertz CT molecular complexity index is 684. The molecule has 3 heterocycles. The van der Waals surface area contributed by atoms with Crippen molar-refractivity contribution in [2.75, 3.05) is 0 Å². The lowest BCUT2D eigenvalue weighted by Crippen LogP contribution is -2.52. The van der Waals surface area contributed by atoms with Crippen LogP contribution in [0.1, 0.15) is 31.6 Å². The topological polar surface area (TPSA) is 75.3 Å². The number of imide groups is 1. The third kappa shape index (κ3) is 1.79. The van der Waals surface area contributed by atoms with Crippen LogP contribution in [0.3, 0.4) is 0 Å². The van der Waals surface area contributed by atoms with E-state index in [4.69, 9.17) is 4.74 Å². The summed E-state index contributed by atoms with van der Waals surface area (Å²) >= 11 is 0. The van der Waals surface area contributed by atoms with Crippen LogP contribution in [0.4, 0.5) is 0 Å². The number of para-hydroxylation sites is 2. The number of H-pyrrole nitrogens is 1. The largest absolute Gasteiger partial charge is 0.355 e. The molecule has 0 aliphatic carbocycles. The van der Waals surface area contributed by atoms with Gasteiger partial charge in [-0.05, 0) is 31.9 Å². The van der Waals surface area contributed by atoms with Gasteiger partial charge in [0.25, 0.3) is 11.8 Å². The third-order valence-electron chi connectivity index (χ3n) is 4.24. The molecule has 6 nitrogen and oxygen atoms in total. The minimum absolute atomic E-state index is 0.248. The molecule has 2 fully saturated rings. The van der Waals surface area contributed by atoms with Gasteiger partial charge < -0.3 is 9.72 Å². The average molecular weight is 285 g/mol. The lowest BCUT2D eigenvalue weighted by Gasteiger charge is -2.33. The minimum atomic E-state index is -0.473. The van der Waals surface area contributed by atoms with E-state index in [0.717, 1.165) is 11.0 Å². The molecule has 1 aromatic heterocycles. The van der Waals surface area contributed by atoms with Gasteiger partial charge >= 0.3 is 0 Å². The molecule has 4 rings (SSSR count). The van der Waals surface area contributed by atoms with E-state index in [0.29, 0.717) is 18.7 Å². The maximum absolute atomic E-state index is 12.4. The highest BCUT2D eigenvalue weighted by Gasteiger charge is 2.48. The number of nitrogens with one attached hydrogen (secondary N) is 1. The van der Waals surface area contributed by atoms with Gasteiger partial charge in [0, 0.05) is 0 Å². The summed E-state index contributed by atoms with van der Waals surface area (Å²) in [4.78, 5) is 33.7. The van der Waals surface area contributed by atoms with Crippen molar-refractivity contribution >= 4 is 22.8 Å². The Morgan fingerprint density at radius 1 is 1.24 bits per heavy atom. The fourth-order valence-electron chi connectivity index (χ4n) is 3.09. The van der Waals surface area contributed by atoms with E-state index in [9.17, 15) is 9.59 Å². The predicted octanol–water partition coefficient (Wildman–Crippen LogP) is 1.54. The molecule has 0 radical (unpaired) electrons. The second-order valence-corrected chi connectivity index (χ2v) is 5.55. The number of nitrogens with zero attached hydrogens (tertiary/aromatic N) is 2. The molecule has 0 saturated carbocycles. The van der Waals surface area contributed by atoms with Crippen molar-refractivity contribution < 1.29 is 14.3 Å². The highest BCUT2D eigenvalue weighted by atomic mass is 16.5. The molecule has 3 unspecified atom stereocenters. The lowest BCUT2D eigenvalue weighted by atomic mass is 10.2. The van der Waals surface area contributed by atoms with Gasteiger partial charge in [0.05, 0.1) is 17.1 Å². The molecule has 1 N–H and O–H groups in total. The average Bonchev–Trinajstić information content (AvgIpc) is 3.11.